The number of piperidine rings is 1. The van der Waals surface area contributed by atoms with E-state index in [1.807, 2.05) is 32.0 Å². The Balaban J connectivity index is 1.89. The van der Waals surface area contributed by atoms with E-state index in [0.29, 0.717) is 6.42 Å². The summed E-state index contributed by atoms with van der Waals surface area (Å²) in [4.78, 5) is 14.5. The van der Waals surface area contributed by atoms with Crippen molar-refractivity contribution in [3.05, 3.63) is 34.9 Å². The van der Waals surface area contributed by atoms with Crippen molar-refractivity contribution in [2.24, 2.45) is 0 Å². The summed E-state index contributed by atoms with van der Waals surface area (Å²) >= 11 is 0. The number of carbonyl (C=O) groups excluding carboxylic acids is 1. The van der Waals surface area contributed by atoms with Crippen molar-refractivity contribution in [3.63, 3.8) is 0 Å². The molecular formula is C16H23NO2. The van der Waals surface area contributed by atoms with E-state index >= 15 is 0 Å². The Morgan fingerprint density at radius 3 is 2.68 bits per heavy atom. The number of Topliss-reactive ketones (excluding diaryl/α,β-unsaturated/α-hetero) is 1. The predicted octanol–water partition coefficient (Wildman–Crippen LogP) is 2.33. The monoisotopic (exact) mass is 261 g/mol. The highest BCUT2D eigenvalue weighted by Gasteiger charge is 2.18. The van der Waals surface area contributed by atoms with Gasteiger partial charge in [-0.2, -0.15) is 0 Å². The van der Waals surface area contributed by atoms with Crippen LogP contribution in [0.3, 0.4) is 0 Å². The Kier molecular flexibility index (Phi) is 4.72. The minimum atomic E-state index is -0.147. The second kappa shape index (κ2) is 6.31. The molecule has 3 heteroatoms. The lowest BCUT2D eigenvalue weighted by atomic mass is 9.99. The molecule has 1 aromatic rings. The van der Waals surface area contributed by atoms with Crippen molar-refractivity contribution < 1.29 is 9.90 Å². The lowest BCUT2D eigenvalue weighted by Crippen LogP contribution is -2.37. The topological polar surface area (TPSA) is 40.5 Å². The van der Waals surface area contributed by atoms with Crippen molar-refractivity contribution in [2.45, 2.75) is 39.2 Å². The molecule has 0 radical (unpaired) electrons. The molecule has 0 aliphatic carbocycles. The van der Waals surface area contributed by atoms with Gasteiger partial charge in [0.1, 0.15) is 0 Å². The van der Waals surface area contributed by atoms with Crippen LogP contribution in [0.5, 0.6) is 0 Å². The highest BCUT2D eigenvalue weighted by molar-refractivity contribution is 5.97. The Morgan fingerprint density at radius 2 is 2.00 bits per heavy atom. The zero-order chi connectivity index (χ0) is 13.8. The van der Waals surface area contributed by atoms with Crippen molar-refractivity contribution in [3.8, 4) is 0 Å². The molecule has 0 atom stereocenters. The van der Waals surface area contributed by atoms with Gasteiger partial charge in [0.05, 0.1) is 6.10 Å². The summed E-state index contributed by atoms with van der Waals surface area (Å²) < 4.78 is 0. The molecule has 0 bridgehead atoms. The Bertz CT molecular complexity index is 448. The summed E-state index contributed by atoms with van der Waals surface area (Å²) in [5, 5.41) is 9.46. The number of rotatable bonds is 4. The molecular weight excluding hydrogens is 238 g/mol. The predicted molar refractivity (Wildman–Crippen MR) is 76.5 cm³/mol. The molecule has 0 amide bonds. The molecule has 0 aromatic heterocycles. The standard InChI is InChI=1S/C16H23NO2/c1-12-3-4-13(2)15(11-12)16(19)7-10-17-8-5-14(18)6-9-17/h3-4,11,14,18H,5-10H2,1-2H3. The maximum absolute atomic E-state index is 12.2. The second-order valence-electron chi connectivity index (χ2n) is 5.56. The van der Waals surface area contributed by atoms with Crippen molar-refractivity contribution in [1.82, 2.24) is 4.90 Å². The molecule has 1 N–H and O–H groups in total. The first-order valence-corrected chi connectivity index (χ1v) is 7.07. The molecule has 104 valence electrons. The van der Waals surface area contributed by atoms with Crippen LogP contribution in [0.15, 0.2) is 18.2 Å². The van der Waals surface area contributed by atoms with Crippen LogP contribution < -0.4 is 0 Å². The van der Waals surface area contributed by atoms with Crippen LogP contribution in [0.4, 0.5) is 0 Å². The molecule has 19 heavy (non-hydrogen) atoms. The van der Waals surface area contributed by atoms with Gasteiger partial charge in [0.25, 0.3) is 0 Å². The van der Waals surface area contributed by atoms with Crippen LogP contribution in [0.25, 0.3) is 0 Å². The van der Waals surface area contributed by atoms with Gasteiger partial charge in [-0.1, -0.05) is 17.7 Å². The third-order valence-electron chi connectivity index (χ3n) is 3.91. The molecule has 1 aliphatic rings. The van der Waals surface area contributed by atoms with E-state index in [4.69, 9.17) is 0 Å². The number of benzene rings is 1. The van der Waals surface area contributed by atoms with Gasteiger partial charge < -0.3 is 10.0 Å². The summed E-state index contributed by atoms with van der Waals surface area (Å²) in [6.45, 7) is 6.62. The van der Waals surface area contributed by atoms with E-state index in [9.17, 15) is 9.90 Å². The van der Waals surface area contributed by atoms with Crippen LogP contribution in [0, 0.1) is 13.8 Å². The molecule has 1 heterocycles. The number of nitrogens with zero attached hydrogens (tertiary/aromatic N) is 1. The van der Waals surface area contributed by atoms with Crippen LogP contribution >= 0.6 is 0 Å². The van der Waals surface area contributed by atoms with Gasteiger partial charge in [0, 0.05) is 31.6 Å². The fourth-order valence-corrected chi connectivity index (χ4v) is 2.57. The number of aryl methyl sites for hydroxylation is 2. The summed E-state index contributed by atoms with van der Waals surface area (Å²) in [6.07, 6.45) is 2.08. The maximum Gasteiger partial charge on any atom is 0.164 e. The van der Waals surface area contributed by atoms with E-state index in [-0.39, 0.29) is 11.9 Å². The van der Waals surface area contributed by atoms with Gasteiger partial charge in [-0.15, -0.1) is 0 Å². The van der Waals surface area contributed by atoms with Gasteiger partial charge in [-0.3, -0.25) is 4.79 Å². The van der Waals surface area contributed by atoms with Crippen molar-refractivity contribution in [1.29, 1.82) is 0 Å². The minimum absolute atomic E-state index is 0.147. The number of ketones is 1. The SMILES string of the molecule is Cc1ccc(C)c(C(=O)CCN2CCC(O)CC2)c1. The minimum Gasteiger partial charge on any atom is -0.393 e. The van der Waals surface area contributed by atoms with Crippen molar-refractivity contribution >= 4 is 5.78 Å². The largest absolute Gasteiger partial charge is 0.393 e. The molecule has 1 fully saturated rings. The molecule has 1 aliphatic heterocycles. The number of carbonyl (C=O) groups is 1. The molecule has 3 nitrogen and oxygen atoms in total. The Hall–Kier alpha value is -1.19. The van der Waals surface area contributed by atoms with E-state index in [0.717, 1.165) is 49.2 Å². The quantitative estimate of drug-likeness (QED) is 0.846. The highest BCUT2D eigenvalue weighted by atomic mass is 16.3. The molecule has 1 saturated heterocycles. The van der Waals surface area contributed by atoms with Gasteiger partial charge in [0.15, 0.2) is 5.78 Å². The third-order valence-corrected chi connectivity index (χ3v) is 3.91. The summed E-state index contributed by atoms with van der Waals surface area (Å²) in [7, 11) is 0. The molecule has 2 rings (SSSR count). The molecule has 0 saturated carbocycles. The number of aliphatic hydroxyl groups excluding tert-OH is 1. The Labute approximate surface area is 115 Å². The molecule has 0 spiro atoms. The zero-order valence-corrected chi connectivity index (χ0v) is 11.9. The third kappa shape index (κ3) is 3.88. The first-order chi connectivity index (χ1) is 9.06. The average Bonchev–Trinajstić information content (AvgIpc) is 2.40. The van der Waals surface area contributed by atoms with E-state index in [2.05, 4.69) is 4.90 Å². The summed E-state index contributed by atoms with van der Waals surface area (Å²) in [5.41, 5.74) is 3.05. The van der Waals surface area contributed by atoms with Gasteiger partial charge in [0.2, 0.25) is 0 Å². The first-order valence-electron chi connectivity index (χ1n) is 7.07. The molecule has 1 aromatic carbocycles. The fraction of sp³-hybridized carbons (Fsp3) is 0.562. The van der Waals surface area contributed by atoms with Crippen LogP contribution in [-0.2, 0) is 0 Å². The van der Waals surface area contributed by atoms with E-state index in [1.165, 1.54) is 0 Å². The fourth-order valence-electron chi connectivity index (χ4n) is 2.57. The van der Waals surface area contributed by atoms with Gasteiger partial charge >= 0.3 is 0 Å². The van der Waals surface area contributed by atoms with Gasteiger partial charge in [-0.05, 0) is 38.3 Å². The lowest BCUT2D eigenvalue weighted by molar-refractivity contribution is 0.0778. The second-order valence-corrected chi connectivity index (χ2v) is 5.56. The number of hydrogen-bond donors (Lipinski definition) is 1. The molecule has 0 unspecified atom stereocenters. The van der Waals surface area contributed by atoms with Gasteiger partial charge in [-0.25, -0.2) is 0 Å². The lowest BCUT2D eigenvalue weighted by Gasteiger charge is -2.29. The number of hydrogen-bond acceptors (Lipinski definition) is 3. The van der Waals surface area contributed by atoms with Crippen molar-refractivity contribution in [2.75, 3.05) is 19.6 Å². The zero-order valence-electron chi connectivity index (χ0n) is 11.9. The normalized spacial score (nSPS) is 17.6. The first kappa shape index (κ1) is 14.2. The number of aliphatic hydroxyl groups is 1. The number of likely N-dealkylation sites (tertiary alicyclic amines) is 1. The average molecular weight is 261 g/mol. The maximum atomic E-state index is 12.2. The highest BCUT2D eigenvalue weighted by Crippen LogP contribution is 2.15. The van der Waals surface area contributed by atoms with Crippen LogP contribution in [-0.4, -0.2) is 41.5 Å². The summed E-state index contributed by atoms with van der Waals surface area (Å²) in [5.74, 6) is 0.229. The van der Waals surface area contributed by atoms with E-state index < -0.39 is 0 Å². The van der Waals surface area contributed by atoms with Crippen LogP contribution in [0.1, 0.15) is 40.7 Å². The van der Waals surface area contributed by atoms with Crippen LogP contribution in [0.2, 0.25) is 0 Å². The van der Waals surface area contributed by atoms with E-state index in [1.54, 1.807) is 0 Å². The summed E-state index contributed by atoms with van der Waals surface area (Å²) in [6, 6.07) is 6.04. The smallest absolute Gasteiger partial charge is 0.164 e. The Morgan fingerprint density at radius 1 is 1.32 bits per heavy atom.